The van der Waals surface area contributed by atoms with Gasteiger partial charge in [-0.1, -0.05) is 36.4 Å². The van der Waals surface area contributed by atoms with Gasteiger partial charge in [0.2, 0.25) is 0 Å². The van der Waals surface area contributed by atoms with E-state index in [-0.39, 0.29) is 0 Å². The van der Waals surface area contributed by atoms with Crippen molar-refractivity contribution in [1.29, 1.82) is 0 Å². The minimum absolute atomic E-state index is 0.701. The Balaban J connectivity index is 1.67. The molecule has 0 radical (unpaired) electrons. The second-order valence-corrected chi connectivity index (χ2v) is 8.75. The molecule has 2 aliphatic rings. The first-order chi connectivity index (χ1) is 12.1. The van der Waals surface area contributed by atoms with E-state index in [2.05, 4.69) is 60.2 Å². The largest absolute Gasteiger partial charge is 0.339 e. The van der Waals surface area contributed by atoms with E-state index in [4.69, 9.17) is 12.6 Å². The van der Waals surface area contributed by atoms with Gasteiger partial charge in [0.15, 0.2) is 0 Å². The lowest BCUT2D eigenvalue weighted by Gasteiger charge is -2.37. The Morgan fingerprint density at radius 2 is 1.96 bits per heavy atom. The van der Waals surface area contributed by atoms with E-state index in [0.717, 1.165) is 11.4 Å². The number of nitrogens with zero attached hydrogens (tertiary/aromatic N) is 2. The summed E-state index contributed by atoms with van der Waals surface area (Å²) in [6.45, 7) is 4.45. The Labute approximate surface area is 161 Å². The van der Waals surface area contributed by atoms with Crippen LogP contribution >= 0.6 is 24.4 Å². The maximum atomic E-state index is 4.87. The van der Waals surface area contributed by atoms with Crippen molar-refractivity contribution in [3.63, 3.8) is 0 Å². The van der Waals surface area contributed by atoms with E-state index in [1.165, 1.54) is 59.0 Å². The lowest BCUT2D eigenvalue weighted by molar-refractivity contribution is 0.178. The van der Waals surface area contributed by atoms with Gasteiger partial charge in [0, 0.05) is 27.3 Å². The van der Waals surface area contributed by atoms with Crippen LogP contribution in [0.25, 0.3) is 0 Å². The number of hydrogen-bond donors (Lipinski definition) is 1. The Morgan fingerprint density at radius 3 is 2.80 bits per heavy atom. The molecule has 0 spiro atoms. The number of hydrogen-bond acceptors (Lipinski definition) is 4. The summed E-state index contributed by atoms with van der Waals surface area (Å²) in [6, 6.07) is 13.9. The highest BCUT2D eigenvalue weighted by atomic mass is 32.2. The number of rotatable bonds is 3. The van der Waals surface area contributed by atoms with Crippen LogP contribution in [0.5, 0.6) is 0 Å². The predicted molar refractivity (Wildman–Crippen MR) is 111 cm³/mol. The standard InChI is InChI=1S/C21H26N2S2/c1-15-10-11-19-20(21(15)24)23(17-8-3-4-9-18(17)25-19)14-12-16-7-5-6-13-22(16)2/h3-4,8-11,16,24H,5-7,12-14H2,1-2H3. The fourth-order valence-corrected chi connectivity index (χ4v) is 5.53. The smallest absolute Gasteiger partial charge is 0.0691 e. The van der Waals surface area contributed by atoms with Crippen molar-refractivity contribution < 1.29 is 0 Å². The van der Waals surface area contributed by atoms with Gasteiger partial charge in [0.05, 0.1) is 11.4 Å². The second-order valence-electron chi connectivity index (χ2n) is 7.22. The summed E-state index contributed by atoms with van der Waals surface area (Å²) in [4.78, 5) is 8.86. The van der Waals surface area contributed by atoms with Crippen LogP contribution in [-0.2, 0) is 0 Å². The fraction of sp³-hybridized carbons (Fsp3) is 0.429. The summed E-state index contributed by atoms with van der Waals surface area (Å²) in [5, 5.41) is 0. The van der Waals surface area contributed by atoms with E-state index in [0.29, 0.717) is 6.04 Å². The Kier molecular flexibility index (Phi) is 5.03. The van der Waals surface area contributed by atoms with Gasteiger partial charge in [0.1, 0.15) is 0 Å². The minimum atomic E-state index is 0.701. The second kappa shape index (κ2) is 7.26. The Bertz CT molecular complexity index is 774. The zero-order valence-corrected chi connectivity index (χ0v) is 16.7. The molecule has 0 bridgehead atoms. The van der Waals surface area contributed by atoms with Crippen LogP contribution in [0.3, 0.4) is 0 Å². The Hall–Kier alpha value is -1.10. The third kappa shape index (κ3) is 3.32. The molecule has 2 nitrogen and oxygen atoms in total. The third-order valence-electron chi connectivity index (χ3n) is 5.57. The first-order valence-electron chi connectivity index (χ1n) is 9.22. The van der Waals surface area contributed by atoms with Crippen molar-refractivity contribution in [2.24, 2.45) is 0 Å². The Morgan fingerprint density at radius 1 is 1.12 bits per heavy atom. The molecular formula is C21H26N2S2. The fourth-order valence-electron chi connectivity index (χ4n) is 4.03. The third-order valence-corrected chi connectivity index (χ3v) is 7.25. The summed E-state index contributed by atoms with van der Waals surface area (Å²) in [5.74, 6) is 0. The van der Waals surface area contributed by atoms with Gasteiger partial charge in [-0.3, -0.25) is 0 Å². The SMILES string of the molecule is Cc1ccc2c(c1S)N(CCC1CCCCN1C)c1ccccc1S2. The molecule has 1 atom stereocenters. The number of thiol groups is 1. The van der Waals surface area contributed by atoms with Crippen LogP contribution in [0.15, 0.2) is 51.1 Å². The van der Waals surface area contributed by atoms with Crippen LogP contribution in [0.4, 0.5) is 11.4 Å². The molecule has 2 heterocycles. The number of fused-ring (bicyclic) bond motifs is 2. The summed E-state index contributed by atoms with van der Waals surface area (Å²) in [7, 11) is 2.28. The van der Waals surface area contributed by atoms with Gasteiger partial charge >= 0.3 is 0 Å². The van der Waals surface area contributed by atoms with E-state index >= 15 is 0 Å². The van der Waals surface area contributed by atoms with Crippen LogP contribution in [-0.4, -0.2) is 31.1 Å². The molecule has 2 aromatic rings. The average molecular weight is 371 g/mol. The monoisotopic (exact) mass is 370 g/mol. The normalized spacial score (nSPS) is 20.3. The molecule has 0 saturated carbocycles. The van der Waals surface area contributed by atoms with Crippen molar-refractivity contribution >= 4 is 35.8 Å². The first-order valence-corrected chi connectivity index (χ1v) is 10.5. The topological polar surface area (TPSA) is 6.48 Å². The molecule has 1 fully saturated rings. The van der Waals surface area contributed by atoms with Crippen molar-refractivity contribution in [3.05, 3.63) is 42.0 Å². The molecule has 1 saturated heterocycles. The van der Waals surface area contributed by atoms with Gasteiger partial charge in [-0.15, -0.1) is 12.6 Å². The van der Waals surface area contributed by atoms with Crippen molar-refractivity contribution in [2.75, 3.05) is 25.0 Å². The maximum Gasteiger partial charge on any atom is 0.0691 e. The molecular weight excluding hydrogens is 344 g/mol. The summed E-state index contributed by atoms with van der Waals surface area (Å²) in [5.41, 5.74) is 3.88. The number of anilines is 2. The zero-order valence-electron chi connectivity index (χ0n) is 15.0. The van der Waals surface area contributed by atoms with Crippen molar-refractivity contribution in [3.8, 4) is 0 Å². The highest BCUT2D eigenvalue weighted by molar-refractivity contribution is 7.99. The average Bonchev–Trinajstić information content (AvgIpc) is 2.63. The lowest BCUT2D eigenvalue weighted by Crippen LogP contribution is -2.38. The zero-order chi connectivity index (χ0) is 17.4. The summed E-state index contributed by atoms with van der Waals surface area (Å²) in [6.07, 6.45) is 5.25. The first kappa shape index (κ1) is 17.3. The molecule has 2 aromatic carbocycles. The lowest BCUT2D eigenvalue weighted by atomic mass is 9.99. The predicted octanol–water partition coefficient (Wildman–Crippen LogP) is 5.76. The number of piperidine rings is 1. The van der Waals surface area contributed by atoms with Crippen LogP contribution in [0.1, 0.15) is 31.2 Å². The highest BCUT2D eigenvalue weighted by Gasteiger charge is 2.27. The van der Waals surface area contributed by atoms with Gasteiger partial charge < -0.3 is 9.80 Å². The molecule has 4 rings (SSSR count). The summed E-state index contributed by atoms with van der Waals surface area (Å²) >= 11 is 6.74. The number of likely N-dealkylation sites (tertiary alicyclic amines) is 1. The quantitative estimate of drug-likeness (QED) is 0.687. The van der Waals surface area contributed by atoms with Crippen LogP contribution in [0, 0.1) is 6.92 Å². The molecule has 0 amide bonds. The van der Waals surface area contributed by atoms with Crippen molar-refractivity contribution in [1.82, 2.24) is 4.90 Å². The maximum absolute atomic E-state index is 4.87. The van der Waals surface area contributed by atoms with E-state index in [9.17, 15) is 0 Å². The molecule has 0 N–H and O–H groups in total. The minimum Gasteiger partial charge on any atom is -0.339 e. The number of aryl methyl sites for hydroxylation is 1. The number of benzene rings is 2. The molecule has 0 aliphatic carbocycles. The van der Waals surface area contributed by atoms with E-state index < -0.39 is 0 Å². The van der Waals surface area contributed by atoms with Crippen LogP contribution < -0.4 is 4.90 Å². The van der Waals surface area contributed by atoms with Gasteiger partial charge in [-0.25, -0.2) is 0 Å². The molecule has 4 heteroatoms. The molecule has 1 unspecified atom stereocenters. The van der Waals surface area contributed by atoms with E-state index in [1.54, 1.807) is 0 Å². The van der Waals surface area contributed by atoms with Gasteiger partial charge in [-0.05, 0) is 63.5 Å². The van der Waals surface area contributed by atoms with Crippen molar-refractivity contribution in [2.45, 2.75) is 53.3 Å². The summed E-state index contributed by atoms with van der Waals surface area (Å²) < 4.78 is 0. The van der Waals surface area contributed by atoms with Crippen LogP contribution in [0.2, 0.25) is 0 Å². The number of para-hydroxylation sites is 1. The van der Waals surface area contributed by atoms with Gasteiger partial charge in [0.25, 0.3) is 0 Å². The highest BCUT2D eigenvalue weighted by Crippen LogP contribution is 2.51. The molecule has 0 aromatic heterocycles. The van der Waals surface area contributed by atoms with E-state index in [1.807, 2.05) is 11.8 Å². The molecule has 132 valence electrons. The molecule has 2 aliphatic heterocycles. The molecule has 25 heavy (non-hydrogen) atoms. The van der Waals surface area contributed by atoms with Gasteiger partial charge in [-0.2, -0.15) is 0 Å².